The molecule has 1 atom stereocenters. The second-order valence-electron chi connectivity index (χ2n) is 8.47. The largest absolute Gasteiger partial charge is 0.378 e. The minimum atomic E-state index is -0.655. The van der Waals surface area contributed by atoms with Crippen molar-refractivity contribution in [2.75, 3.05) is 67.0 Å². The van der Waals surface area contributed by atoms with Crippen LogP contribution in [-0.2, 0) is 4.74 Å². The number of carbonyl (C=O) groups is 1. The summed E-state index contributed by atoms with van der Waals surface area (Å²) in [6, 6.07) is 2.08. The van der Waals surface area contributed by atoms with Crippen LogP contribution in [0, 0.1) is 6.92 Å². The molecule has 0 aliphatic carbocycles. The molecule has 1 saturated heterocycles. The summed E-state index contributed by atoms with van der Waals surface area (Å²) in [7, 11) is 3.89. The van der Waals surface area contributed by atoms with Gasteiger partial charge < -0.3 is 24.8 Å². The van der Waals surface area contributed by atoms with E-state index in [9.17, 15) is 4.79 Å². The number of carbonyl (C=O) groups excluding carboxylic acids is 1. The van der Waals surface area contributed by atoms with Gasteiger partial charge in [0.1, 0.15) is 11.9 Å². The molecule has 13 heteroatoms. The summed E-state index contributed by atoms with van der Waals surface area (Å²) in [5.74, 6) is 2.26. The zero-order chi connectivity index (χ0) is 24.5. The predicted molar refractivity (Wildman–Crippen MR) is 133 cm³/mol. The van der Waals surface area contributed by atoms with Crippen LogP contribution >= 0.6 is 11.3 Å². The lowest BCUT2D eigenvalue weighted by Crippen LogP contribution is -2.43. The molecule has 0 aromatic carbocycles. The molecule has 0 radical (unpaired) electrons. The first-order valence-electron chi connectivity index (χ1n) is 11.2. The SMILES string of the molecule is Cc1ccsc1-c1nc(N2CCOCC2)c2c(n1)N(C)C(CN(C)c1ncc(C(=O)NO)cn1)N2. The van der Waals surface area contributed by atoms with Gasteiger partial charge in [0.15, 0.2) is 17.5 Å². The maximum Gasteiger partial charge on any atom is 0.277 e. The molecule has 0 spiro atoms. The maximum atomic E-state index is 11.5. The number of thiophene rings is 1. The molecule has 1 fully saturated rings. The molecular weight excluding hydrogens is 470 g/mol. The van der Waals surface area contributed by atoms with Crippen molar-refractivity contribution in [3.63, 3.8) is 0 Å². The van der Waals surface area contributed by atoms with Gasteiger partial charge in [-0.2, -0.15) is 0 Å². The van der Waals surface area contributed by atoms with Crippen LogP contribution in [-0.4, -0.2) is 84.2 Å². The number of morpholine rings is 1. The first kappa shape index (κ1) is 23.2. The summed E-state index contributed by atoms with van der Waals surface area (Å²) in [5.41, 5.74) is 3.82. The minimum Gasteiger partial charge on any atom is -0.378 e. The smallest absolute Gasteiger partial charge is 0.277 e. The van der Waals surface area contributed by atoms with Crippen molar-refractivity contribution in [3.8, 4) is 10.7 Å². The van der Waals surface area contributed by atoms with Gasteiger partial charge in [-0.25, -0.2) is 25.4 Å². The fourth-order valence-corrected chi connectivity index (χ4v) is 5.01. The Labute approximate surface area is 206 Å². The van der Waals surface area contributed by atoms with Gasteiger partial charge in [-0.15, -0.1) is 11.3 Å². The Morgan fingerprint density at radius 3 is 2.66 bits per heavy atom. The standard InChI is InChI=1S/C22H27N9O3S/c1-13-4-9-35-17(13)18-26-19-16(20(27-18)31-5-7-34-8-6-31)25-15(30(19)3)12-29(2)22-23-10-14(11-24-22)21(32)28-33/h4,9-11,15,25,33H,5-8,12H2,1-3H3,(H,28,32). The third-order valence-electron chi connectivity index (χ3n) is 6.15. The average Bonchev–Trinajstić information content (AvgIpc) is 3.46. The zero-order valence-corrected chi connectivity index (χ0v) is 20.5. The van der Waals surface area contributed by atoms with Crippen molar-refractivity contribution in [2.24, 2.45) is 0 Å². The highest BCUT2D eigenvalue weighted by Crippen LogP contribution is 2.41. The van der Waals surface area contributed by atoms with Gasteiger partial charge in [0.2, 0.25) is 5.95 Å². The van der Waals surface area contributed by atoms with Crippen LogP contribution in [0.3, 0.4) is 0 Å². The fourth-order valence-electron chi connectivity index (χ4n) is 4.15. The Balaban J connectivity index is 1.42. The number of ether oxygens (including phenoxy) is 1. The van der Waals surface area contributed by atoms with Crippen molar-refractivity contribution < 1.29 is 14.7 Å². The third kappa shape index (κ3) is 4.45. The van der Waals surface area contributed by atoms with Crippen molar-refractivity contribution in [2.45, 2.75) is 13.1 Å². The molecule has 2 aliphatic heterocycles. The molecule has 2 aliphatic rings. The molecule has 5 heterocycles. The molecule has 0 saturated carbocycles. The highest BCUT2D eigenvalue weighted by atomic mass is 32.1. The number of amides is 1. The third-order valence-corrected chi connectivity index (χ3v) is 7.16. The van der Waals surface area contributed by atoms with Crippen molar-refractivity contribution in [3.05, 3.63) is 35.0 Å². The van der Waals surface area contributed by atoms with E-state index in [-0.39, 0.29) is 11.7 Å². The predicted octanol–water partition coefficient (Wildman–Crippen LogP) is 1.58. The van der Waals surface area contributed by atoms with Crippen LogP contribution in [0.25, 0.3) is 10.7 Å². The van der Waals surface area contributed by atoms with E-state index >= 15 is 0 Å². The Hall–Kier alpha value is -3.55. The number of nitrogens with one attached hydrogen (secondary N) is 2. The number of hydrogen-bond acceptors (Lipinski definition) is 12. The van der Waals surface area contributed by atoms with Gasteiger partial charge in [0, 0.05) is 39.6 Å². The zero-order valence-electron chi connectivity index (χ0n) is 19.7. The Bertz CT molecular complexity index is 1210. The Morgan fingerprint density at radius 1 is 1.29 bits per heavy atom. The molecule has 5 rings (SSSR count). The Morgan fingerprint density at radius 2 is 2.00 bits per heavy atom. The van der Waals surface area contributed by atoms with Crippen LogP contribution in [0.2, 0.25) is 0 Å². The number of fused-ring (bicyclic) bond motifs is 1. The van der Waals surface area contributed by atoms with Crippen LogP contribution < -0.4 is 25.5 Å². The summed E-state index contributed by atoms with van der Waals surface area (Å²) in [4.78, 5) is 37.3. The lowest BCUT2D eigenvalue weighted by Gasteiger charge is -2.29. The van der Waals surface area contributed by atoms with Crippen LogP contribution in [0.5, 0.6) is 0 Å². The molecule has 12 nitrogen and oxygen atoms in total. The lowest BCUT2D eigenvalue weighted by atomic mass is 10.2. The highest BCUT2D eigenvalue weighted by Gasteiger charge is 2.34. The van der Waals surface area contributed by atoms with Gasteiger partial charge in [0.25, 0.3) is 5.91 Å². The quantitative estimate of drug-likeness (QED) is 0.339. The van der Waals surface area contributed by atoms with E-state index in [1.54, 1.807) is 16.8 Å². The summed E-state index contributed by atoms with van der Waals surface area (Å²) in [5, 5.41) is 14.4. The van der Waals surface area contributed by atoms with Crippen molar-refractivity contribution in [1.82, 2.24) is 25.4 Å². The topological polar surface area (TPSA) is 132 Å². The van der Waals surface area contributed by atoms with Crippen LogP contribution in [0.1, 0.15) is 15.9 Å². The average molecular weight is 498 g/mol. The van der Waals surface area contributed by atoms with Crippen molar-refractivity contribution in [1.29, 1.82) is 0 Å². The Kier molecular flexibility index (Phi) is 6.36. The second-order valence-corrected chi connectivity index (χ2v) is 9.38. The number of aromatic nitrogens is 4. The van der Waals surface area contributed by atoms with Crippen LogP contribution in [0.4, 0.5) is 23.3 Å². The fraction of sp³-hybridized carbons (Fsp3) is 0.409. The van der Waals surface area contributed by atoms with E-state index in [2.05, 4.69) is 43.5 Å². The maximum absolute atomic E-state index is 11.5. The summed E-state index contributed by atoms with van der Waals surface area (Å²) < 4.78 is 5.56. The number of anilines is 4. The first-order valence-corrected chi connectivity index (χ1v) is 12.1. The van der Waals surface area contributed by atoms with Gasteiger partial charge in [-0.1, -0.05) is 0 Å². The van der Waals surface area contributed by atoms with E-state index < -0.39 is 5.91 Å². The number of nitrogens with zero attached hydrogens (tertiary/aromatic N) is 7. The molecule has 0 bridgehead atoms. The molecule has 3 aromatic rings. The summed E-state index contributed by atoms with van der Waals surface area (Å²) >= 11 is 1.64. The number of hydroxylamine groups is 1. The van der Waals surface area contributed by atoms with E-state index in [1.165, 1.54) is 12.4 Å². The second kappa shape index (κ2) is 9.60. The number of aryl methyl sites for hydroxylation is 1. The number of hydrogen-bond donors (Lipinski definition) is 3. The van der Waals surface area contributed by atoms with Crippen molar-refractivity contribution >= 4 is 40.5 Å². The number of likely N-dealkylation sites (N-methyl/N-ethyl adjacent to an activating group) is 2. The lowest BCUT2D eigenvalue weighted by molar-refractivity contribution is 0.0705. The molecule has 3 aromatic heterocycles. The highest BCUT2D eigenvalue weighted by molar-refractivity contribution is 7.13. The number of rotatable bonds is 6. The summed E-state index contributed by atoms with van der Waals surface area (Å²) in [6.45, 7) is 5.49. The van der Waals surface area contributed by atoms with E-state index in [0.717, 1.165) is 46.7 Å². The van der Waals surface area contributed by atoms with Gasteiger partial charge in [0.05, 0.1) is 30.2 Å². The molecule has 3 N–H and O–H groups in total. The monoisotopic (exact) mass is 497 g/mol. The molecule has 35 heavy (non-hydrogen) atoms. The molecule has 184 valence electrons. The normalized spacial score (nSPS) is 17.2. The van der Waals surface area contributed by atoms with E-state index in [1.807, 2.05) is 19.0 Å². The van der Waals surface area contributed by atoms with E-state index in [0.29, 0.717) is 25.7 Å². The van der Waals surface area contributed by atoms with Crippen LogP contribution in [0.15, 0.2) is 23.8 Å². The van der Waals surface area contributed by atoms with Gasteiger partial charge in [-0.3, -0.25) is 10.0 Å². The summed E-state index contributed by atoms with van der Waals surface area (Å²) in [6.07, 6.45) is 2.65. The first-order chi connectivity index (χ1) is 17.0. The molecule has 1 unspecified atom stereocenters. The van der Waals surface area contributed by atoms with Gasteiger partial charge in [-0.05, 0) is 23.9 Å². The minimum absolute atomic E-state index is 0.104. The van der Waals surface area contributed by atoms with E-state index in [4.69, 9.17) is 19.9 Å². The molecular formula is C22H27N9O3S. The molecule has 1 amide bonds. The van der Waals surface area contributed by atoms with Gasteiger partial charge >= 0.3 is 0 Å².